The standard InChI is InChI=1S/C18H20ClN3O4/c19-14-4-3-11(7-15(14)22-6-5-20-18(22)26)16(23)21-8-12(10-1-2-10)13(9-21)17(24)25/h3-4,7,10,12-13H,1-2,5-6,8-9H2,(H,20,26)(H,24,25)/t12-,13+/m1/s1. The molecule has 2 atom stereocenters. The van der Waals surface area contributed by atoms with E-state index in [0.717, 1.165) is 12.8 Å². The molecule has 4 rings (SSSR count). The van der Waals surface area contributed by atoms with E-state index in [-0.39, 0.29) is 24.4 Å². The highest BCUT2D eigenvalue weighted by atomic mass is 35.5. The average molecular weight is 378 g/mol. The lowest BCUT2D eigenvalue weighted by Gasteiger charge is -2.20. The molecule has 3 fully saturated rings. The summed E-state index contributed by atoms with van der Waals surface area (Å²) in [5.41, 5.74) is 0.921. The fourth-order valence-electron chi connectivity index (χ4n) is 3.99. The van der Waals surface area contributed by atoms with E-state index in [0.29, 0.717) is 41.8 Å². The zero-order chi connectivity index (χ0) is 18.4. The quantitative estimate of drug-likeness (QED) is 0.840. The number of aliphatic carboxylic acids is 1. The Morgan fingerprint density at radius 3 is 2.62 bits per heavy atom. The van der Waals surface area contributed by atoms with Gasteiger partial charge in [0.2, 0.25) is 0 Å². The minimum atomic E-state index is -0.831. The topological polar surface area (TPSA) is 89.9 Å². The van der Waals surface area contributed by atoms with Gasteiger partial charge in [0.1, 0.15) is 0 Å². The van der Waals surface area contributed by atoms with Crippen molar-refractivity contribution in [2.24, 2.45) is 17.8 Å². The zero-order valence-corrected chi connectivity index (χ0v) is 14.9. The molecule has 138 valence electrons. The van der Waals surface area contributed by atoms with Gasteiger partial charge in [-0.05, 0) is 42.9 Å². The third kappa shape index (κ3) is 3.00. The van der Waals surface area contributed by atoms with Crippen LogP contribution in [0.4, 0.5) is 10.5 Å². The number of urea groups is 1. The Morgan fingerprint density at radius 1 is 1.23 bits per heavy atom. The van der Waals surface area contributed by atoms with Gasteiger partial charge in [0.25, 0.3) is 5.91 Å². The second kappa shape index (κ2) is 6.46. The second-order valence-corrected chi connectivity index (χ2v) is 7.61. The third-order valence-corrected chi connectivity index (χ3v) is 5.86. The van der Waals surface area contributed by atoms with Gasteiger partial charge in [0.05, 0.1) is 16.6 Å². The summed E-state index contributed by atoms with van der Waals surface area (Å²) in [6.07, 6.45) is 2.09. The summed E-state index contributed by atoms with van der Waals surface area (Å²) >= 11 is 6.22. The van der Waals surface area contributed by atoms with E-state index in [4.69, 9.17) is 11.6 Å². The molecule has 0 bridgehead atoms. The molecule has 26 heavy (non-hydrogen) atoms. The van der Waals surface area contributed by atoms with Gasteiger partial charge in [-0.3, -0.25) is 14.5 Å². The molecule has 0 spiro atoms. The number of carbonyl (C=O) groups excluding carboxylic acids is 2. The van der Waals surface area contributed by atoms with Crippen LogP contribution in [0.1, 0.15) is 23.2 Å². The van der Waals surface area contributed by atoms with Crippen LogP contribution in [0.3, 0.4) is 0 Å². The third-order valence-electron chi connectivity index (χ3n) is 5.54. The van der Waals surface area contributed by atoms with Crippen LogP contribution in [0.5, 0.6) is 0 Å². The minimum Gasteiger partial charge on any atom is -0.481 e. The number of carboxylic acids is 1. The Morgan fingerprint density at radius 2 is 2.00 bits per heavy atom. The maximum absolute atomic E-state index is 12.9. The first-order valence-corrected chi connectivity index (χ1v) is 9.20. The van der Waals surface area contributed by atoms with Crippen molar-refractivity contribution in [2.75, 3.05) is 31.1 Å². The largest absolute Gasteiger partial charge is 0.481 e. The molecule has 3 amide bonds. The maximum atomic E-state index is 12.9. The average Bonchev–Trinajstić information content (AvgIpc) is 3.21. The van der Waals surface area contributed by atoms with Gasteiger partial charge < -0.3 is 15.3 Å². The molecular weight excluding hydrogens is 358 g/mol. The lowest BCUT2D eigenvalue weighted by molar-refractivity contribution is -0.142. The minimum absolute atomic E-state index is 0.0348. The molecule has 0 aromatic heterocycles. The lowest BCUT2D eigenvalue weighted by Crippen LogP contribution is -2.31. The SMILES string of the molecule is O=C(O)[C@H]1CN(C(=O)c2ccc(Cl)c(N3CCNC3=O)c2)C[C@@H]1C1CC1. The maximum Gasteiger partial charge on any atom is 0.322 e. The van der Waals surface area contributed by atoms with Gasteiger partial charge >= 0.3 is 12.0 Å². The summed E-state index contributed by atoms with van der Waals surface area (Å²) in [5, 5.41) is 12.6. The lowest BCUT2D eigenvalue weighted by atomic mass is 9.92. The van der Waals surface area contributed by atoms with Crippen LogP contribution >= 0.6 is 11.6 Å². The molecule has 2 saturated heterocycles. The normalized spacial score (nSPS) is 25.5. The number of halogens is 1. The molecular formula is C18H20ClN3O4. The van der Waals surface area contributed by atoms with Gasteiger partial charge in [0, 0.05) is 31.7 Å². The van der Waals surface area contributed by atoms with Gasteiger partial charge in [-0.15, -0.1) is 0 Å². The number of benzene rings is 1. The van der Waals surface area contributed by atoms with Crippen molar-refractivity contribution < 1.29 is 19.5 Å². The van der Waals surface area contributed by atoms with E-state index in [1.165, 1.54) is 4.90 Å². The number of nitrogens with zero attached hydrogens (tertiary/aromatic N) is 2. The number of anilines is 1. The number of nitrogens with one attached hydrogen (secondary N) is 1. The molecule has 2 N–H and O–H groups in total. The fourth-order valence-corrected chi connectivity index (χ4v) is 4.21. The summed E-state index contributed by atoms with van der Waals surface area (Å²) in [4.78, 5) is 39.5. The molecule has 3 aliphatic rings. The van der Waals surface area contributed by atoms with Crippen LogP contribution in [0.15, 0.2) is 18.2 Å². The summed E-state index contributed by atoms with van der Waals surface area (Å²) in [6.45, 7) is 1.73. The van der Waals surface area contributed by atoms with Crippen molar-refractivity contribution >= 4 is 35.2 Å². The predicted molar refractivity (Wildman–Crippen MR) is 95.4 cm³/mol. The number of carboxylic acid groups (broad SMARTS) is 1. The van der Waals surface area contributed by atoms with E-state index in [2.05, 4.69) is 5.32 Å². The highest BCUT2D eigenvalue weighted by molar-refractivity contribution is 6.34. The number of hydrogen-bond donors (Lipinski definition) is 2. The first-order chi connectivity index (χ1) is 12.5. The Labute approximate surface area is 155 Å². The Hall–Kier alpha value is -2.28. The Balaban J connectivity index is 1.56. The highest BCUT2D eigenvalue weighted by Gasteiger charge is 2.47. The molecule has 1 aromatic rings. The first-order valence-electron chi connectivity index (χ1n) is 8.82. The number of carbonyl (C=O) groups is 3. The molecule has 1 aliphatic carbocycles. The summed E-state index contributed by atoms with van der Waals surface area (Å²) in [6, 6.07) is 4.62. The van der Waals surface area contributed by atoms with E-state index < -0.39 is 11.9 Å². The van der Waals surface area contributed by atoms with Gasteiger partial charge in [-0.1, -0.05) is 11.6 Å². The van der Waals surface area contributed by atoms with Crippen LogP contribution in [-0.2, 0) is 4.79 Å². The number of hydrogen-bond acceptors (Lipinski definition) is 3. The molecule has 2 aliphatic heterocycles. The van der Waals surface area contributed by atoms with Gasteiger partial charge in [-0.25, -0.2) is 4.79 Å². The van der Waals surface area contributed by atoms with Crippen LogP contribution < -0.4 is 10.2 Å². The van der Waals surface area contributed by atoms with E-state index in [1.54, 1.807) is 23.1 Å². The molecule has 1 saturated carbocycles. The van der Waals surface area contributed by atoms with Crippen molar-refractivity contribution in [1.29, 1.82) is 0 Å². The second-order valence-electron chi connectivity index (χ2n) is 7.21. The van der Waals surface area contributed by atoms with Crippen LogP contribution in [0.2, 0.25) is 5.02 Å². The molecule has 0 unspecified atom stereocenters. The van der Waals surface area contributed by atoms with Gasteiger partial charge in [-0.2, -0.15) is 0 Å². The predicted octanol–water partition coefficient (Wildman–Crippen LogP) is 2.05. The summed E-state index contributed by atoms with van der Waals surface area (Å²) < 4.78 is 0. The van der Waals surface area contributed by atoms with Crippen molar-refractivity contribution in [1.82, 2.24) is 10.2 Å². The fraction of sp³-hybridized carbons (Fsp3) is 0.500. The molecule has 8 heteroatoms. The first kappa shape index (κ1) is 17.1. The molecule has 1 aromatic carbocycles. The van der Waals surface area contributed by atoms with Crippen molar-refractivity contribution in [3.63, 3.8) is 0 Å². The van der Waals surface area contributed by atoms with Crippen LogP contribution in [-0.4, -0.2) is 54.1 Å². The summed E-state index contributed by atoms with van der Waals surface area (Å²) in [7, 11) is 0. The Kier molecular flexibility index (Phi) is 4.26. The van der Waals surface area contributed by atoms with Crippen LogP contribution in [0.25, 0.3) is 0 Å². The number of amides is 3. The molecule has 2 heterocycles. The number of rotatable bonds is 4. The van der Waals surface area contributed by atoms with E-state index in [9.17, 15) is 19.5 Å². The molecule has 0 radical (unpaired) electrons. The van der Waals surface area contributed by atoms with Crippen molar-refractivity contribution in [3.8, 4) is 0 Å². The van der Waals surface area contributed by atoms with Crippen molar-refractivity contribution in [2.45, 2.75) is 12.8 Å². The summed E-state index contributed by atoms with van der Waals surface area (Å²) in [5.74, 6) is -1.09. The molecule has 7 nitrogen and oxygen atoms in total. The Bertz CT molecular complexity index is 780. The van der Waals surface area contributed by atoms with Gasteiger partial charge in [0.15, 0.2) is 0 Å². The van der Waals surface area contributed by atoms with E-state index in [1.807, 2.05) is 0 Å². The van der Waals surface area contributed by atoms with Crippen molar-refractivity contribution in [3.05, 3.63) is 28.8 Å². The highest BCUT2D eigenvalue weighted by Crippen LogP contribution is 2.44. The number of likely N-dealkylation sites (tertiary alicyclic amines) is 1. The smallest absolute Gasteiger partial charge is 0.322 e. The monoisotopic (exact) mass is 377 g/mol. The van der Waals surface area contributed by atoms with E-state index >= 15 is 0 Å². The van der Waals surface area contributed by atoms with Crippen LogP contribution in [0, 0.1) is 17.8 Å². The zero-order valence-electron chi connectivity index (χ0n) is 14.2.